The average Bonchev–Trinajstić information content (AvgIpc) is 3.29. The van der Waals surface area contributed by atoms with Gasteiger partial charge in [0.05, 0.1) is 11.8 Å². The summed E-state index contributed by atoms with van der Waals surface area (Å²) in [6.45, 7) is 5.20. The van der Waals surface area contributed by atoms with E-state index in [-0.39, 0.29) is 18.6 Å². The smallest absolute Gasteiger partial charge is 0.260 e. The summed E-state index contributed by atoms with van der Waals surface area (Å²) in [6.07, 6.45) is 5.78. The minimum absolute atomic E-state index is 0.0553. The second-order valence-corrected chi connectivity index (χ2v) is 7.82. The molecule has 3 rings (SSSR count). The normalized spacial score (nSPS) is 19.7. The topological polar surface area (TPSA) is 75.2 Å². The van der Waals surface area contributed by atoms with E-state index in [0.29, 0.717) is 17.4 Å². The Kier molecular flexibility index (Phi) is 8.25. The van der Waals surface area contributed by atoms with Gasteiger partial charge in [-0.05, 0) is 81.1 Å². The van der Waals surface area contributed by atoms with Gasteiger partial charge in [0.1, 0.15) is 5.75 Å². The number of ether oxygens (including phenoxy) is 2. The van der Waals surface area contributed by atoms with Gasteiger partial charge < -0.3 is 19.7 Å². The molecule has 7 nitrogen and oxygen atoms in total. The Morgan fingerprint density at radius 2 is 2.00 bits per heavy atom. The third-order valence-corrected chi connectivity index (χ3v) is 5.42. The van der Waals surface area contributed by atoms with Gasteiger partial charge in [0.2, 0.25) is 0 Å². The molecule has 2 heterocycles. The molecule has 2 aliphatic rings. The number of hydrogen-bond acceptors (Lipinski definition) is 5. The Morgan fingerprint density at radius 3 is 2.69 bits per heavy atom. The van der Waals surface area contributed by atoms with E-state index in [4.69, 9.17) is 21.7 Å². The first-order valence-corrected chi connectivity index (χ1v) is 10.7. The fourth-order valence-electron chi connectivity index (χ4n) is 3.42. The zero-order valence-corrected chi connectivity index (χ0v) is 17.8. The molecule has 1 amide bonds. The van der Waals surface area contributed by atoms with Crippen molar-refractivity contribution in [3.63, 3.8) is 0 Å². The summed E-state index contributed by atoms with van der Waals surface area (Å²) in [5, 5.41) is 7.93. The van der Waals surface area contributed by atoms with Gasteiger partial charge in [-0.3, -0.25) is 10.2 Å². The van der Waals surface area contributed by atoms with Crippen LogP contribution in [0.15, 0.2) is 29.4 Å². The van der Waals surface area contributed by atoms with E-state index in [1.807, 2.05) is 36.1 Å². The molecule has 2 N–H and O–H groups in total. The highest BCUT2D eigenvalue weighted by molar-refractivity contribution is 7.80. The summed E-state index contributed by atoms with van der Waals surface area (Å²) in [5.41, 5.74) is 4.63. The van der Waals surface area contributed by atoms with Crippen LogP contribution in [0.3, 0.4) is 0 Å². The van der Waals surface area contributed by atoms with Crippen molar-refractivity contribution in [2.75, 3.05) is 32.8 Å². The summed E-state index contributed by atoms with van der Waals surface area (Å²) >= 11 is 5.25. The maximum Gasteiger partial charge on any atom is 0.260 e. The minimum Gasteiger partial charge on any atom is -0.484 e. The summed E-state index contributed by atoms with van der Waals surface area (Å²) in [5.74, 6) is 0.730. The maximum atomic E-state index is 12.2. The number of likely N-dealkylation sites (tertiary alicyclic amines) is 1. The number of benzene rings is 1. The average molecular weight is 419 g/mol. The highest BCUT2D eigenvalue weighted by Crippen LogP contribution is 2.14. The molecule has 0 unspecified atom stereocenters. The maximum absolute atomic E-state index is 12.2. The molecule has 0 bridgehead atoms. The number of nitrogens with zero attached hydrogens (tertiary/aromatic N) is 2. The molecule has 2 aliphatic heterocycles. The molecular formula is C21H30N4O3S. The fraction of sp³-hybridized carbons (Fsp3) is 0.571. The number of carbonyl (C=O) groups is 1. The van der Waals surface area contributed by atoms with Gasteiger partial charge in [-0.1, -0.05) is 0 Å². The second kappa shape index (κ2) is 11.1. The third-order valence-electron chi connectivity index (χ3n) is 5.18. The Labute approximate surface area is 177 Å². The summed E-state index contributed by atoms with van der Waals surface area (Å²) in [6, 6.07) is 7.55. The van der Waals surface area contributed by atoms with E-state index in [9.17, 15) is 4.79 Å². The molecule has 29 heavy (non-hydrogen) atoms. The van der Waals surface area contributed by atoms with Crippen LogP contribution in [0.25, 0.3) is 0 Å². The molecule has 0 spiro atoms. The van der Waals surface area contributed by atoms with Gasteiger partial charge >= 0.3 is 0 Å². The second-order valence-electron chi connectivity index (χ2n) is 7.41. The van der Waals surface area contributed by atoms with Crippen LogP contribution in [0.2, 0.25) is 0 Å². The predicted octanol–water partition coefficient (Wildman–Crippen LogP) is 2.44. The van der Waals surface area contributed by atoms with E-state index >= 15 is 0 Å². The number of hydrazone groups is 1. The Balaban J connectivity index is 1.41. The standard InChI is InChI=1S/C21H30N4O3S/c1-16(23-24-21(29)22-14-19-6-5-13-27-19)17-7-9-18(10-8-17)28-15-20(26)25-11-3-2-4-12-25/h7-10,19H,2-6,11-15H2,1H3,(H2,22,24,29)/b23-16-/t19-/m1/s1. The summed E-state index contributed by atoms with van der Waals surface area (Å²) in [4.78, 5) is 14.1. The Bertz CT molecular complexity index is 711. The number of piperidine rings is 1. The molecule has 0 aromatic heterocycles. The van der Waals surface area contributed by atoms with Crippen molar-refractivity contribution in [3.05, 3.63) is 29.8 Å². The highest BCUT2D eigenvalue weighted by Gasteiger charge is 2.17. The van der Waals surface area contributed by atoms with Crippen LogP contribution in [0.5, 0.6) is 5.75 Å². The van der Waals surface area contributed by atoms with Crippen molar-refractivity contribution < 1.29 is 14.3 Å². The summed E-state index contributed by atoms with van der Waals surface area (Å²) in [7, 11) is 0. The van der Waals surface area contributed by atoms with E-state index in [1.54, 1.807) is 0 Å². The van der Waals surface area contributed by atoms with Gasteiger partial charge in [-0.25, -0.2) is 0 Å². The molecule has 0 saturated carbocycles. The first kappa shape index (κ1) is 21.5. The minimum atomic E-state index is 0.0553. The lowest BCUT2D eigenvalue weighted by Crippen LogP contribution is -2.38. The lowest BCUT2D eigenvalue weighted by molar-refractivity contribution is -0.134. The zero-order valence-electron chi connectivity index (χ0n) is 17.0. The molecule has 0 aliphatic carbocycles. The van der Waals surface area contributed by atoms with Crippen LogP contribution in [0.4, 0.5) is 0 Å². The van der Waals surface area contributed by atoms with E-state index in [2.05, 4.69) is 15.8 Å². The van der Waals surface area contributed by atoms with Crippen molar-refractivity contribution in [3.8, 4) is 5.75 Å². The lowest BCUT2D eigenvalue weighted by Gasteiger charge is -2.26. The molecule has 0 radical (unpaired) electrons. The lowest BCUT2D eigenvalue weighted by atomic mass is 10.1. The molecule has 1 atom stereocenters. The fourth-order valence-corrected chi connectivity index (χ4v) is 3.55. The van der Waals surface area contributed by atoms with Gasteiger partial charge in [-0.2, -0.15) is 5.10 Å². The number of thiocarbonyl (C=S) groups is 1. The van der Waals surface area contributed by atoms with Crippen LogP contribution in [-0.2, 0) is 9.53 Å². The Morgan fingerprint density at radius 1 is 1.24 bits per heavy atom. The van der Waals surface area contributed by atoms with E-state index in [0.717, 1.165) is 56.7 Å². The van der Waals surface area contributed by atoms with Crippen LogP contribution in [0.1, 0.15) is 44.6 Å². The first-order chi connectivity index (χ1) is 14.1. The van der Waals surface area contributed by atoms with E-state index < -0.39 is 0 Å². The first-order valence-electron chi connectivity index (χ1n) is 10.3. The molecule has 2 fully saturated rings. The van der Waals surface area contributed by atoms with Gasteiger partial charge in [0, 0.05) is 26.2 Å². The van der Waals surface area contributed by atoms with Crippen LogP contribution in [0, 0.1) is 0 Å². The third kappa shape index (κ3) is 6.97. The van der Waals surface area contributed by atoms with Gasteiger partial charge in [0.15, 0.2) is 11.7 Å². The number of hydrogen-bond donors (Lipinski definition) is 2. The van der Waals surface area contributed by atoms with Crippen molar-refractivity contribution in [2.45, 2.75) is 45.1 Å². The largest absolute Gasteiger partial charge is 0.484 e. The van der Waals surface area contributed by atoms with Crippen molar-refractivity contribution in [1.82, 2.24) is 15.6 Å². The van der Waals surface area contributed by atoms with Crippen LogP contribution < -0.4 is 15.5 Å². The quantitative estimate of drug-likeness (QED) is 0.403. The van der Waals surface area contributed by atoms with E-state index in [1.165, 1.54) is 6.42 Å². The van der Waals surface area contributed by atoms with Crippen molar-refractivity contribution >= 4 is 28.9 Å². The number of carbonyl (C=O) groups excluding carboxylic acids is 1. The SMILES string of the molecule is C/C(=N/NC(=S)NC[C@H]1CCCO1)c1ccc(OCC(=O)N2CCCCC2)cc1. The van der Waals surface area contributed by atoms with Gasteiger partial charge in [0.25, 0.3) is 5.91 Å². The predicted molar refractivity (Wildman–Crippen MR) is 117 cm³/mol. The molecule has 158 valence electrons. The number of rotatable bonds is 7. The van der Waals surface area contributed by atoms with Crippen LogP contribution >= 0.6 is 12.2 Å². The molecule has 2 saturated heterocycles. The number of nitrogens with one attached hydrogen (secondary N) is 2. The zero-order chi connectivity index (χ0) is 20.5. The van der Waals surface area contributed by atoms with Crippen LogP contribution in [-0.4, -0.2) is 60.6 Å². The molecule has 1 aromatic carbocycles. The van der Waals surface area contributed by atoms with Crippen molar-refractivity contribution in [1.29, 1.82) is 0 Å². The molecule has 1 aromatic rings. The number of amides is 1. The molecular weight excluding hydrogens is 388 g/mol. The Hall–Kier alpha value is -2.19. The molecule has 8 heteroatoms. The van der Waals surface area contributed by atoms with Gasteiger partial charge in [-0.15, -0.1) is 0 Å². The highest BCUT2D eigenvalue weighted by atomic mass is 32.1. The van der Waals surface area contributed by atoms with Crippen molar-refractivity contribution in [2.24, 2.45) is 5.10 Å². The summed E-state index contributed by atoms with van der Waals surface area (Å²) < 4.78 is 11.2. The monoisotopic (exact) mass is 418 g/mol.